The van der Waals surface area contributed by atoms with E-state index in [1.165, 1.54) is 33.5 Å². The van der Waals surface area contributed by atoms with Crippen LogP contribution in [-0.4, -0.2) is 43.9 Å². The molecule has 2 N–H and O–H groups in total. The molecule has 0 spiro atoms. The second-order valence-corrected chi connectivity index (χ2v) is 5.55. The van der Waals surface area contributed by atoms with E-state index >= 15 is 0 Å². The van der Waals surface area contributed by atoms with Gasteiger partial charge in [-0.2, -0.15) is 0 Å². The van der Waals surface area contributed by atoms with Crippen LogP contribution < -0.4 is 18.9 Å². The summed E-state index contributed by atoms with van der Waals surface area (Å²) >= 11 is 0. The molecule has 0 fully saturated rings. The molecule has 1 aliphatic heterocycles. The molecule has 2 aromatic carbocycles. The molecule has 1 heterocycles. The normalized spacial score (nSPS) is 14.6. The first kappa shape index (κ1) is 17.5. The minimum atomic E-state index is -0.337. The summed E-state index contributed by atoms with van der Waals surface area (Å²) in [5.41, 5.74) is 1.08. The number of phenols is 2. The van der Waals surface area contributed by atoms with Gasteiger partial charge in [-0.15, -0.1) is 0 Å². The van der Waals surface area contributed by atoms with Gasteiger partial charge in [0.05, 0.1) is 21.3 Å². The standard InChI is InChI=1S/C19H18O7/c1-23-13-5-4-10(7-12(13)20)6-11-9-26-14-8-15(24-2)18(22)19(25-3)16(14)17(11)21/h4-8,20,22H,9H2,1-3H3/b11-6+. The zero-order valence-electron chi connectivity index (χ0n) is 14.5. The fourth-order valence-corrected chi connectivity index (χ4v) is 2.77. The van der Waals surface area contributed by atoms with Crippen molar-refractivity contribution >= 4 is 11.9 Å². The van der Waals surface area contributed by atoms with Gasteiger partial charge in [-0.25, -0.2) is 0 Å². The highest BCUT2D eigenvalue weighted by Crippen LogP contribution is 2.46. The number of fused-ring (bicyclic) bond motifs is 1. The lowest BCUT2D eigenvalue weighted by Crippen LogP contribution is -2.20. The predicted octanol–water partition coefficient (Wildman–Crippen LogP) is 2.78. The van der Waals surface area contributed by atoms with Gasteiger partial charge in [0.15, 0.2) is 28.8 Å². The van der Waals surface area contributed by atoms with E-state index in [1.54, 1.807) is 18.2 Å². The summed E-state index contributed by atoms with van der Waals surface area (Å²) in [6.45, 7) is 0.0374. The van der Waals surface area contributed by atoms with Crippen molar-refractivity contribution < 1.29 is 34.0 Å². The lowest BCUT2D eigenvalue weighted by Gasteiger charge is -2.22. The van der Waals surface area contributed by atoms with Crippen LogP contribution in [0.2, 0.25) is 0 Å². The third-order valence-corrected chi connectivity index (χ3v) is 4.05. The average molecular weight is 358 g/mol. The number of hydrogen-bond acceptors (Lipinski definition) is 7. The fraction of sp³-hybridized carbons (Fsp3) is 0.211. The van der Waals surface area contributed by atoms with Crippen molar-refractivity contribution in [3.63, 3.8) is 0 Å². The summed E-state index contributed by atoms with van der Waals surface area (Å²) in [5.74, 6) is 0.115. The van der Waals surface area contributed by atoms with Crippen molar-refractivity contribution in [1.29, 1.82) is 0 Å². The van der Waals surface area contributed by atoms with Gasteiger partial charge in [-0.3, -0.25) is 4.79 Å². The zero-order valence-corrected chi connectivity index (χ0v) is 14.5. The Labute approximate surface area is 150 Å². The molecule has 0 aliphatic carbocycles. The van der Waals surface area contributed by atoms with Gasteiger partial charge in [0.2, 0.25) is 5.75 Å². The second kappa shape index (κ2) is 6.87. The van der Waals surface area contributed by atoms with Gasteiger partial charge in [0, 0.05) is 11.6 Å². The Hall–Kier alpha value is -3.35. The van der Waals surface area contributed by atoms with Crippen LogP contribution in [0.25, 0.3) is 6.08 Å². The molecule has 0 amide bonds. The summed E-state index contributed by atoms with van der Waals surface area (Å²) in [4.78, 5) is 12.9. The lowest BCUT2D eigenvalue weighted by atomic mass is 9.96. The monoisotopic (exact) mass is 358 g/mol. The first-order valence-electron chi connectivity index (χ1n) is 7.73. The van der Waals surface area contributed by atoms with Crippen molar-refractivity contribution in [2.75, 3.05) is 27.9 Å². The molecular formula is C19H18O7. The molecular weight excluding hydrogens is 340 g/mol. The van der Waals surface area contributed by atoms with Crippen LogP contribution in [0.4, 0.5) is 0 Å². The van der Waals surface area contributed by atoms with E-state index < -0.39 is 0 Å². The quantitative estimate of drug-likeness (QED) is 0.812. The second-order valence-electron chi connectivity index (χ2n) is 5.55. The van der Waals surface area contributed by atoms with Crippen LogP contribution in [0, 0.1) is 0 Å². The largest absolute Gasteiger partial charge is 0.504 e. The van der Waals surface area contributed by atoms with Gasteiger partial charge in [0.25, 0.3) is 0 Å². The molecule has 0 atom stereocenters. The molecule has 1 aliphatic rings. The molecule has 7 nitrogen and oxygen atoms in total. The van der Waals surface area contributed by atoms with Crippen LogP contribution in [0.15, 0.2) is 29.8 Å². The number of carbonyl (C=O) groups excluding carboxylic acids is 1. The Bertz CT molecular complexity index is 899. The summed E-state index contributed by atoms with van der Waals surface area (Å²) in [6.07, 6.45) is 1.60. The molecule has 2 aromatic rings. The summed E-state index contributed by atoms with van der Waals surface area (Å²) in [6, 6.07) is 6.23. The highest BCUT2D eigenvalue weighted by molar-refractivity contribution is 6.16. The zero-order chi connectivity index (χ0) is 18.8. The molecule has 0 saturated heterocycles. The Kier molecular flexibility index (Phi) is 4.62. The number of carbonyl (C=O) groups is 1. The highest BCUT2D eigenvalue weighted by atomic mass is 16.5. The van der Waals surface area contributed by atoms with Gasteiger partial charge in [-0.05, 0) is 23.8 Å². The number of rotatable bonds is 4. The van der Waals surface area contributed by atoms with Crippen LogP contribution in [-0.2, 0) is 0 Å². The molecule has 0 saturated carbocycles. The van der Waals surface area contributed by atoms with Gasteiger partial charge < -0.3 is 29.2 Å². The first-order valence-corrected chi connectivity index (χ1v) is 7.73. The number of Topliss-reactive ketones (excluding diaryl/α,β-unsaturated/α-hetero) is 1. The number of hydrogen-bond donors (Lipinski definition) is 2. The van der Waals surface area contributed by atoms with Crippen LogP contribution >= 0.6 is 0 Å². The maximum atomic E-state index is 12.9. The van der Waals surface area contributed by atoms with Crippen LogP contribution in [0.5, 0.6) is 34.5 Å². The number of methoxy groups -OCH3 is 3. The third kappa shape index (κ3) is 2.88. The van der Waals surface area contributed by atoms with Crippen molar-refractivity contribution in [2.45, 2.75) is 0 Å². The molecule has 3 rings (SSSR count). The van der Waals surface area contributed by atoms with Crippen molar-refractivity contribution in [2.24, 2.45) is 0 Å². The first-order chi connectivity index (χ1) is 12.5. The summed E-state index contributed by atoms with van der Waals surface area (Å²) in [5, 5.41) is 20.1. The predicted molar refractivity (Wildman–Crippen MR) is 93.7 cm³/mol. The van der Waals surface area contributed by atoms with E-state index in [-0.39, 0.29) is 46.7 Å². The number of benzene rings is 2. The number of ketones is 1. The van der Waals surface area contributed by atoms with E-state index in [2.05, 4.69) is 0 Å². The molecule has 0 aromatic heterocycles. The summed E-state index contributed by atoms with van der Waals surface area (Å²) in [7, 11) is 4.20. The van der Waals surface area contributed by atoms with E-state index in [9.17, 15) is 15.0 Å². The molecule has 26 heavy (non-hydrogen) atoms. The van der Waals surface area contributed by atoms with Crippen molar-refractivity contribution in [3.8, 4) is 34.5 Å². The van der Waals surface area contributed by atoms with Crippen LogP contribution in [0.3, 0.4) is 0 Å². The number of aromatic hydroxyl groups is 2. The smallest absolute Gasteiger partial charge is 0.201 e. The van der Waals surface area contributed by atoms with Gasteiger partial charge in [0.1, 0.15) is 17.9 Å². The van der Waals surface area contributed by atoms with Crippen LogP contribution in [0.1, 0.15) is 15.9 Å². The molecule has 136 valence electrons. The Morgan fingerprint density at radius 1 is 1.04 bits per heavy atom. The van der Waals surface area contributed by atoms with Gasteiger partial charge >= 0.3 is 0 Å². The fourth-order valence-electron chi connectivity index (χ4n) is 2.77. The molecule has 0 radical (unpaired) electrons. The molecule has 0 unspecified atom stereocenters. The van der Waals surface area contributed by atoms with E-state index in [0.29, 0.717) is 16.9 Å². The Morgan fingerprint density at radius 2 is 1.77 bits per heavy atom. The number of phenolic OH excluding ortho intramolecular Hbond substituents is 2. The summed E-state index contributed by atoms with van der Waals surface area (Å²) < 4.78 is 20.9. The third-order valence-electron chi connectivity index (χ3n) is 4.05. The molecule has 0 bridgehead atoms. The van der Waals surface area contributed by atoms with E-state index in [1.807, 2.05) is 0 Å². The Morgan fingerprint density at radius 3 is 2.38 bits per heavy atom. The minimum absolute atomic E-state index is 0.00692. The average Bonchev–Trinajstić information content (AvgIpc) is 2.64. The highest BCUT2D eigenvalue weighted by Gasteiger charge is 2.31. The van der Waals surface area contributed by atoms with Crippen molar-refractivity contribution in [3.05, 3.63) is 41.0 Å². The SMILES string of the molecule is COc1ccc(/C=C2\COc3cc(OC)c(O)c(OC)c3C2=O)cc1O. The Balaban J connectivity index is 2.05. The number of ether oxygens (including phenoxy) is 4. The van der Waals surface area contributed by atoms with Gasteiger partial charge in [-0.1, -0.05) is 6.07 Å². The van der Waals surface area contributed by atoms with Crippen molar-refractivity contribution in [1.82, 2.24) is 0 Å². The van der Waals surface area contributed by atoms with E-state index in [4.69, 9.17) is 18.9 Å². The van der Waals surface area contributed by atoms with E-state index in [0.717, 1.165) is 0 Å². The molecule has 7 heteroatoms. The lowest BCUT2D eigenvalue weighted by molar-refractivity contribution is 0.0996. The minimum Gasteiger partial charge on any atom is -0.504 e. The maximum absolute atomic E-state index is 12.9. The topological polar surface area (TPSA) is 94.5 Å². The maximum Gasteiger partial charge on any atom is 0.201 e.